The Hall–Kier alpha value is -1.97. The monoisotopic (exact) mass is 244 g/mol. The van der Waals surface area contributed by atoms with E-state index in [4.69, 9.17) is 4.74 Å². The lowest BCUT2D eigenvalue weighted by Crippen LogP contribution is -2.20. The molecule has 1 saturated heterocycles. The van der Waals surface area contributed by atoms with Gasteiger partial charge in [0.25, 0.3) is 0 Å². The van der Waals surface area contributed by atoms with Gasteiger partial charge in [0.05, 0.1) is 18.6 Å². The summed E-state index contributed by atoms with van der Waals surface area (Å²) in [7, 11) is 0. The molecule has 1 aromatic carbocycles. The average Bonchev–Trinajstić information content (AvgIpc) is 2.97. The number of benzene rings is 1. The second-order valence-corrected chi connectivity index (χ2v) is 4.58. The number of nitrogens with zero attached hydrogens (tertiary/aromatic N) is 1. The molecule has 18 heavy (non-hydrogen) atoms. The molecule has 0 saturated carbocycles. The minimum atomic E-state index is -0.313. The molecule has 1 aromatic heterocycles. The van der Waals surface area contributed by atoms with Crippen molar-refractivity contribution in [3.05, 3.63) is 36.0 Å². The zero-order chi connectivity index (χ0) is 12.5. The second-order valence-electron chi connectivity index (χ2n) is 4.58. The lowest BCUT2D eigenvalue weighted by molar-refractivity contribution is 0.131. The van der Waals surface area contributed by atoms with Gasteiger partial charge in [-0.25, -0.2) is 4.79 Å². The number of hydrogen-bond donors (Lipinski definition) is 1. The molecule has 1 unspecified atom stereocenters. The zero-order valence-electron chi connectivity index (χ0n) is 10.3. The average molecular weight is 244 g/mol. The number of alkyl carbamates (subject to hydrolysis) is 1. The minimum Gasteiger partial charge on any atom is -0.442 e. The predicted octanol–water partition coefficient (Wildman–Crippen LogP) is 2.31. The molecule has 0 radical (unpaired) electrons. The van der Waals surface area contributed by atoms with Crippen LogP contribution in [0.15, 0.2) is 30.5 Å². The fraction of sp³-hybridized carbons (Fsp3) is 0.357. The molecule has 1 amide bonds. The van der Waals surface area contributed by atoms with Crippen LogP contribution in [0.5, 0.6) is 0 Å². The van der Waals surface area contributed by atoms with Crippen molar-refractivity contribution in [3.63, 3.8) is 0 Å². The Labute approximate surface area is 106 Å². The molecule has 1 N–H and O–H groups in total. The van der Waals surface area contributed by atoms with Gasteiger partial charge < -0.3 is 14.6 Å². The zero-order valence-corrected chi connectivity index (χ0v) is 10.3. The molecule has 1 aliphatic rings. The summed E-state index contributed by atoms with van der Waals surface area (Å²) in [4.78, 5) is 11.0. The molecular weight excluding hydrogens is 228 g/mol. The van der Waals surface area contributed by atoms with Crippen LogP contribution in [0.3, 0.4) is 0 Å². The van der Waals surface area contributed by atoms with Gasteiger partial charge in [-0.2, -0.15) is 0 Å². The summed E-state index contributed by atoms with van der Waals surface area (Å²) in [5.41, 5.74) is 2.58. The Bertz CT molecular complexity index is 588. The first-order chi connectivity index (χ1) is 8.78. The van der Waals surface area contributed by atoms with Crippen molar-refractivity contribution in [1.82, 2.24) is 9.88 Å². The summed E-state index contributed by atoms with van der Waals surface area (Å²) >= 11 is 0. The van der Waals surface area contributed by atoms with Gasteiger partial charge in [-0.1, -0.05) is 25.1 Å². The Morgan fingerprint density at radius 1 is 1.44 bits per heavy atom. The molecule has 2 heterocycles. The standard InChI is InChI=1S/C14H16N2O2/c1-2-10-4-3-5-11-6-7-16(13(10)11)9-12-8-15-14(17)18-12/h3-7,12H,2,8-9H2,1H3,(H,15,17). The number of aryl methyl sites for hydroxylation is 1. The lowest BCUT2D eigenvalue weighted by Gasteiger charge is -2.12. The number of cyclic esters (lactones) is 1. The van der Waals surface area contributed by atoms with Crippen LogP contribution in [0.1, 0.15) is 12.5 Å². The van der Waals surface area contributed by atoms with E-state index >= 15 is 0 Å². The van der Waals surface area contributed by atoms with E-state index in [9.17, 15) is 4.79 Å². The van der Waals surface area contributed by atoms with Gasteiger partial charge in [-0.05, 0) is 23.4 Å². The summed E-state index contributed by atoms with van der Waals surface area (Å²) in [6.45, 7) is 3.45. The highest BCUT2D eigenvalue weighted by atomic mass is 16.6. The molecule has 0 spiro atoms. The van der Waals surface area contributed by atoms with E-state index < -0.39 is 0 Å². The number of amides is 1. The molecule has 1 fully saturated rings. The molecule has 4 heteroatoms. The number of nitrogens with one attached hydrogen (secondary N) is 1. The number of aromatic nitrogens is 1. The lowest BCUT2D eigenvalue weighted by atomic mass is 10.1. The summed E-state index contributed by atoms with van der Waals surface area (Å²) in [6.07, 6.45) is 2.69. The van der Waals surface area contributed by atoms with Crippen molar-refractivity contribution in [3.8, 4) is 0 Å². The normalized spacial score (nSPS) is 18.9. The van der Waals surface area contributed by atoms with Crippen molar-refractivity contribution in [2.75, 3.05) is 6.54 Å². The number of ether oxygens (including phenoxy) is 1. The van der Waals surface area contributed by atoms with Crippen LogP contribution in [0.2, 0.25) is 0 Å². The molecule has 0 bridgehead atoms. The van der Waals surface area contributed by atoms with Crippen LogP contribution in [0.25, 0.3) is 10.9 Å². The Balaban J connectivity index is 1.94. The smallest absolute Gasteiger partial charge is 0.407 e. The maximum atomic E-state index is 11.0. The highest BCUT2D eigenvalue weighted by Crippen LogP contribution is 2.21. The quantitative estimate of drug-likeness (QED) is 0.900. The van der Waals surface area contributed by atoms with Gasteiger partial charge >= 0.3 is 6.09 Å². The Morgan fingerprint density at radius 3 is 3.06 bits per heavy atom. The van der Waals surface area contributed by atoms with E-state index in [-0.39, 0.29) is 12.2 Å². The number of rotatable bonds is 3. The Morgan fingerprint density at radius 2 is 2.33 bits per heavy atom. The molecule has 2 aromatic rings. The fourth-order valence-corrected chi connectivity index (χ4v) is 2.53. The SMILES string of the molecule is CCc1cccc2ccn(CC3CNC(=O)O3)c12. The van der Waals surface area contributed by atoms with Crippen LogP contribution in [-0.2, 0) is 17.7 Å². The number of carbonyl (C=O) groups is 1. The van der Waals surface area contributed by atoms with E-state index in [2.05, 4.69) is 47.3 Å². The van der Waals surface area contributed by atoms with E-state index in [1.807, 2.05) is 0 Å². The first-order valence-electron chi connectivity index (χ1n) is 6.29. The summed E-state index contributed by atoms with van der Waals surface area (Å²) < 4.78 is 7.37. The topological polar surface area (TPSA) is 43.3 Å². The third kappa shape index (κ3) is 1.83. The van der Waals surface area contributed by atoms with Crippen LogP contribution < -0.4 is 5.32 Å². The molecule has 0 aliphatic carbocycles. The van der Waals surface area contributed by atoms with Crippen molar-refractivity contribution in [1.29, 1.82) is 0 Å². The van der Waals surface area contributed by atoms with E-state index in [0.717, 1.165) is 6.42 Å². The maximum Gasteiger partial charge on any atom is 0.407 e. The van der Waals surface area contributed by atoms with Gasteiger partial charge in [0, 0.05) is 6.20 Å². The number of para-hydroxylation sites is 1. The molecule has 4 nitrogen and oxygen atoms in total. The van der Waals surface area contributed by atoms with Crippen LogP contribution in [0, 0.1) is 0 Å². The van der Waals surface area contributed by atoms with Crippen molar-refractivity contribution < 1.29 is 9.53 Å². The summed E-state index contributed by atoms with van der Waals surface area (Å²) in [6, 6.07) is 8.46. The minimum absolute atomic E-state index is 0.0713. The molecule has 1 aliphatic heterocycles. The summed E-state index contributed by atoms with van der Waals surface area (Å²) in [5.74, 6) is 0. The van der Waals surface area contributed by atoms with Gasteiger partial charge in [0.2, 0.25) is 0 Å². The van der Waals surface area contributed by atoms with Crippen molar-refractivity contribution in [2.24, 2.45) is 0 Å². The fourth-order valence-electron chi connectivity index (χ4n) is 2.53. The van der Waals surface area contributed by atoms with Crippen LogP contribution in [-0.4, -0.2) is 23.3 Å². The largest absolute Gasteiger partial charge is 0.442 e. The molecule has 3 rings (SSSR count). The Kier molecular flexibility index (Phi) is 2.70. The number of fused-ring (bicyclic) bond motifs is 1. The van der Waals surface area contributed by atoms with Gasteiger partial charge in [0.1, 0.15) is 6.10 Å². The first-order valence-corrected chi connectivity index (χ1v) is 6.29. The molecule has 94 valence electrons. The number of carbonyl (C=O) groups excluding carboxylic acids is 1. The maximum absolute atomic E-state index is 11.0. The van der Waals surface area contributed by atoms with E-state index in [1.165, 1.54) is 16.5 Å². The van der Waals surface area contributed by atoms with Gasteiger partial charge in [0.15, 0.2) is 0 Å². The van der Waals surface area contributed by atoms with Crippen LogP contribution >= 0.6 is 0 Å². The molecule has 1 atom stereocenters. The van der Waals surface area contributed by atoms with Gasteiger partial charge in [-0.15, -0.1) is 0 Å². The van der Waals surface area contributed by atoms with Gasteiger partial charge in [-0.3, -0.25) is 0 Å². The number of hydrogen-bond acceptors (Lipinski definition) is 2. The predicted molar refractivity (Wildman–Crippen MR) is 69.6 cm³/mol. The van der Waals surface area contributed by atoms with Crippen molar-refractivity contribution >= 4 is 17.0 Å². The van der Waals surface area contributed by atoms with Crippen LogP contribution in [0.4, 0.5) is 4.79 Å². The third-order valence-electron chi connectivity index (χ3n) is 3.40. The highest BCUT2D eigenvalue weighted by molar-refractivity contribution is 5.83. The second kappa shape index (κ2) is 4.37. The van der Waals surface area contributed by atoms with Crippen molar-refractivity contribution in [2.45, 2.75) is 26.0 Å². The van der Waals surface area contributed by atoms with E-state index in [1.54, 1.807) is 0 Å². The first kappa shape index (κ1) is 11.1. The van der Waals surface area contributed by atoms with E-state index in [0.29, 0.717) is 13.1 Å². The molecular formula is C14H16N2O2. The third-order valence-corrected chi connectivity index (χ3v) is 3.40. The highest BCUT2D eigenvalue weighted by Gasteiger charge is 2.23. The summed E-state index contributed by atoms with van der Waals surface area (Å²) in [5, 5.41) is 3.93.